The van der Waals surface area contributed by atoms with Crippen LogP contribution in [0.15, 0.2) is 52.5 Å². The van der Waals surface area contributed by atoms with Gasteiger partial charge >= 0.3 is 6.36 Å². The first-order valence-corrected chi connectivity index (χ1v) is 9.67. The highest BCUT2D eigenvalue weighted by Gasteiger charge is 2.31. The number of furan rings is 1. The molecule has 1 aromatic carbocycles. The van der Waals surface area contributed by atoms with E-state index in [1.807, 2.05) is 0 Å². The van der Waals surface area contributed by atoms with Crippen LogP contribution in [0, 0.1) is 0 Å². The van der Waals surface area contributed by atoms with Crippen LogP contribution in [0.1, 0.15) is 21.3 Å². The van der Waals surface area contributed by atoms with Crippen LogP contribution in [0.4, 0.5) is 13.2 Å². The number of hydrogen-bond acceptors (Lipinski definition) is 7. The summed E-state index contributed by atoms with van der Waals surface area (Å²) in [4.78, 5) is 28.1. The Morgan fingerprint density at radius 1 is 1.06 bits per heavy atom. The van der Waals surface area contributed by atoms with E-state index in [1.165, 1.54) is 29.7 Å². The number of carbonyl (C=O) groups excluding carboxylic acids is 2. The number of nitrogens with one attached hydrogen (secondary N) is 2. The number of thiazole rings is 1. The first kappa shape index (κ1) is 22.2. The maximum Gasteiger partial charge on any atom is 0.573 e. The van der Waals surface area contributed by atoms with E-state index in [0.29, 0.717) is 10.8 Å². The van der Waals surface area contributed by atoms with Gasteiger partial charge in [0, 0.05) is 5.38 Å². The molecule has 0 saturated heterocycles. The van der Waals surface area contributed by atoms with Gasteiger partial charge in [-0.15, -0.1) is 24.5 Å². The first-order chi connectivity index (χ1) is 14.8. The van der Waals surface area contributed by atoms with Crippen molar-refractivity contribution in [1.82, 2.24) is 15.6 Å². The molecule has 12 heteroatoms. The maximum absolute atomic E-state index is 12.1. The normalized spacial score (nSPS) is 11.1. The van der Waals surface area contributed by atoms with Crippen molar-refractivity contribution in [2.24, 2.45) is 0 Å². The van der Waals surface area contributed by atoms with Crippen molar-refractivity contribution in [2.75, 3.05) is 6.61 Å². The van der Waals surface area contributed by atoms with Crippen LogP contribution in [0.25, 0.3) is 0 Å². The molecule has 0 atom stereocenters. The van der Waals surface area contributed by atoms with E-state index in [9.17, 15) is 22.8 Å². The summed E-state index contributed by atoms with van der Waals surface area (Å²) < 4.78 is 50.5. The van der Waals surface area contributed by atoms with Crippen molar-refractivity contribution in [3.05, 3.63) is 64.5 Å². The minimum Gasteiger partial charge on any atom is -0.484 e. The van der Waals surface area contributed by atoms with Gasteiger partial charge in [-0.2, -0.15) is 0 Å². The number of alkyl halides is 3. The highest BCUT2D eigenvalue weighted by molar-refractivity contribution is 7.09. The summed E-state index contributed by atoms with van der Waals surface area (Å²) in [5.41, 5.74) is 0.221. The lowest BCUT2D eigenvalue weighted by atomic mass is 10.3. The molecule has 2 heterocycles. The Hall–Kier alpha value is -3.54. The van der Waals surface area contributed by atoms with E-state index >= 15 is 0 Å². The Morgan fingerprint density at radius 2 is 1.81 bits per heavy atom. The molecule has 31 heavy (non-hydrogen) atoms. The first-order valence-electron chi connectivity index (χ1n) is 8.79. The third kappa shape index (κ3) is 7.33. The van der Waals surface area contributed by atoms with Crippen LogP contribution in [0.3, 0.4) is 0 Å². The molecule has 0 bridgehead atoms. The van der Waals surface area contributed by atoms with Crippen LogP contribution in [0.2, 0.25) is 0 Å². The van der Waals surface area contributed by atoms with Gasteiger partial charge in [0.05, 0.1) is 19.4 Å². The third-order valence-electron chi connectivity index (χ3n) is 3.65. The summed E-state index contributed by atoms with van der Waals surface area (Å²) in [5.74, 6) is -0.411. The number of amides is 2. The third-order valence-corrected chi connectivity index (χ3v) is 4.50. The van der Waals surface area contributed by atoms with Gasteiger partial charge in [-0.1, -0.05) is 0 Å². The number of benzene rings is 1. The quantitative estimate of drug-likeness (QED) is 0.514. The van der Waals surface area contributed by atoms with Crippen LogP contribution >= 0.6 is 11.3 Å². The molecule has 0 aliphatic rings. The van der Waals surface area contributed by atoms with E-state index in [2.05, 4.69) is 20.4 Å². The van der Waals surface area contributed by atoms with Crippen LogP contribution < -0.4 is 20.1 Å². The fourth-order valence-corrected chi connectivity index (χ4v) is 2.99. The van der Waals surface area contributed by atoms with E-state index in [1.54, 1.807) is 17.5 Å². The molecule has 2 aromatic heterocycles. The van der Waals surface area contributed by atoms with Crippen molar-refractivity contribution < 1.29 is 36.7 Å². The Bertz CT molecular complexity index is 1000. The number of halogens is 3. The second-order valence-electron chi connectivity index (χ2n) is 5.97. The van der Waals surface area contributed by atoms with Crippen molar-refractivity contribution in [2.45, 2.75) is 19.5 Å². The van der Waals surface area contributed by atoms with E-state index in [-0.39, 0.29) is 37.0 Å². The van der Waals surface area contributed by atoms with Gasteiger partial charge in [-0.25, -0.2) is 4.98 Å². The number of hydrogen-bond donors (Lipinski definition) is 2. The molecule has 164 valence electrons. The summed E-state index contributed by atoms with van der Waals surface area (Å²) in [6.07, 6.45) is -3.27. The Morgan fingerprint density at radius 3 is 2.48 bits per heavy atom. The second kappa shape index (κ2) is 9.98. The largest absolute Gasteiger partial charge is 0.573 e. The molecule has 2 amide bonds. The maximum atomic E-state index is 12.1. The average Bonchev–Trinajstić information content (AvgIpc) is 3.41. The second-order valence-corrected chi connectivity index (χ2v) is 6.92. The molecule has 2 N–H and O–H groups in total. The van der Waals surface area contributed by atoms with Gasteiger partial charge in [0.15, 0.2) is 6.61 Å². The smallest absolute Gasteiger partial charge is 0.484 e. The summed E-state index contributed by atoms with van der Waals surface area (Å²) in [6, 6.07) is 8.11. The van der Waals surface area contributed by atoms with E-state index in [0.717, 1.165) is 12.1 Å². The number of ether oxygens (including phenoxy) is 2. The van der Waals surface area contributed by atoms with E-state index < -0.39 is 18.0 Å². The van der Waals surface area contributed by atoms with Crippen molar-refractivity contribution in [3.63, 3.8) is 0 Å². The monoisotopic (exact) mass is 455 g/mol. The standard InChI is InChI=1S/C19H16F3N3O5S/c20-19(21,22)30-13-5-3-12(4-6-13)29-10-16(26)23-9-17-25-15(11-31-17)18(27)24-8-14-2-1-7-28-14/h1-7,11H,8-10H2,(H,23,26)(H,24,27). The van der Waals surface area contributed by atoms with Crippen molar-refractivity contribution in [3.8, 4) is 11.5 Å². The number of carbonyl (C=O) groups is 2. The van der Waals surface area contributed by atoms with Crippen LogP contribution in [0.5, 0.6) is 11.5 Å². The zero-order valence-electron chi connectivity index (χ0n) is 15.8. The fourth-order valence-electron chi connectivity index (χ4n) is 2.28. The molecule has 0 saturated carbocycles. The summed E-state index contributed by atoms with van der Waals surface area (Å²) in [7, 11) is 0. The molecular formula is C19H16F3N3O5S. The summed E-state index contributed by atoms with van der Waals surface area (Å²) >= 11 is 1.21. The molecule has 0 radical (unpaired) electrons. The summed E-state index contributed by atoms with van der Waals surface area (Å²) in [5, 5.41) is 7.34. The minimum atomic E-state index is -4.78. The Balaban J connectivity index is 1.39. The van der Waals surface area contributed by atoms with Gasteiger partial charge in [-0.3, -0.25) is 9.59 Å². The predicted octanol–water partition coefficient (Wildman–Crippen LogP) is 3.26. The predicted molar refractivity (Wildman–Crippen MR) is 102 cm³/mol. The molecule has 3 aromatic rings. The Kier molecular flexibility index (Phi) is 7.13. The molecule has 8 nitrogen and oxygen atoms in total. The van der Waals surface area contributed by atoms with Gasteiger partial charge in [0.2, 0.25) is 0 Å². The molecule has 0 aliphatic carbocycles. The zero-order chi connectivity index (χ0) is 22.3. The van der Waals surface area contributed by atoms with Gasteiger partial charge < -0.3 is 24.5 Å². The SMILES string of the molecule is O=C(COc1ccc(OC(F)(F)F)cc1)NCc1nc(C(=O)NCc2ccco2)cs1. The van der Waals surface area contributed by atoms with Gasteiger partial charge in [0.1, 0.15) is 28.0 Å². The summed E-state index contributed by atoms with van der Waals surface area (Å²) in [6.45, 7) is -0.0197. The number of rotatable bonds is 9. The zero-order valence-corrected chi connectivity index (χ0v) is 16.6. The van der Waals surface area contributed by atoms with Crippen LogP contribution in [-0.2, 0) is 17.9 Å². The minimum absolute atomic E-state index is 0.0939. The van der Waals surface area contributed by atoms with Crippen molar-refractivity contribution >= 4 is 23.2 Å². The Labute approximate surface area is 178 Å². The highest BCUT2D eigenvalue weighted by Crippen LogP contribution is 2.24. The van der Waals surface area contributed by atoms with E-state index in [4.69, 9.17) is 9.15 Å². The molecule has 0 aliphatic heterocycles. The lowest BCUT2D eigenvalue weighted by Gasteiger charge is -2.10. The fraction of sp³-hybridized carbons (Fsp3) is 0.211. The lowest BCUT2D eigenvalue weighted by molar-refractivity contribution is -0.274. The molecule has 3 rings (SSSR count). The molecule has 0 fully saturated rings. The molecule has 0 spiro atoms. The number of nitrogens with zero attached hydrogens (tertiary/aromatic N) is 1. The molecular weight excluding hydrogens is 439 g/mol. The topological polar surface area (TPSA) is 103 Å². The van der Waals surface area contributed by atoms with Crippen LogP contribution in [-0.4, -0.2) is 29.8 Å². The highest BCUT2D eigenvalue weighted by atomic mass is 32.1. The van der Waals surface area contributed by atoms with Gasteiger partial charge in [0.25, 0.3) is 11.8 Å². The van der Waals surface area contributed by atoms with Crippen molar-refractivity contribution in [1.29, 1.82) is 0 Å². The van der Waals surface area contributed by atoms with Gasteiger partial charge in [-0.05, 0) is 36.4 Å². The average molecular weight is 455 g/mol. The number of aromatic nitrogens is 1. The lowest BCUT2D eigenvalue weighted by Crippen LogP contribution is -2.28. The molecule has 0 unspecified atom stereocenters.